The van der Waals surface area contributed by atoms with Crippen LogP contribution in [0.5, 0.6) is 0 Å². The molecule has 8 nitrogen and oxygen atoms in total. The molecule has 0 saturated heterocycles. The van der Waals surface area contributed by atoms with Gasteiger partial charge in [0.1, 0.15) is 6.54 Å². The number of carbonyl (C=O) groups is 4. The van der Waals surface area contributed by atoms with Crippen LogP contribution in [0.2, 0.25) is 0 Å². The minimum absolute atomic E-state index is 0.232. The first-order valence-electron chi connectivity index (χ1n) is 5.70. The predicted molar refractivity (Wildman–Crippen MR) is 71.8 cm³/mol. The molecule has 1 rings (SSSR count). The number of nitrogens with one attached hydrogen (secondary N) is 2. The minimum Gasteiger partial charge on any atom is -0.480 e. The molecule has 21 heavy (non-hydrogen) atoms. The number of hydrogen-bond acceptors (Lipinski definition) is 4. The summed E-state index contributed by atoms with van der Waals surface area (Å²) in [6.45, 7) is -0.489. The highest BCUT2D eigenvalue weighted by atomic mass is 16.4. The van der Waals surface area contributed by atoms with Gasteiger partial charge >= 0.3 is 11.9 Å². The van der Waals surface area contributed by atoms with Gasteiger partial charge in [-0.15, -0.1) is 0 Å². The number of hydrogen-bond donors (Lipinski definition) is 4. The van der Waals surface area contributed by atoms with Crippen LogP contribution in [0, 0.1) is 0 Å². The molecule has 4 N–H and O–H groups in total. The Morgan fingerprint density at radius 1 is 1.00 bits per heavy atom. The first-order valence-corrected chi connectivity index (χ1v) is 5.70. The van der Waals surface area contributed by atoms with Crippen LogP contribution in [-0.2, 0) is 14.4 Å². The molecule has 8 heteroatoms. The van der Waals surface area contributed by atoms with Crippen LogP contribution < -0.4 is 10.6 Å². The SMILES string of the molecule is O=C(O)/C=C/C(=O)Nc1ccc(C(=O)NCC(=O)O)cc1. The van der Waals surface area contributed by atoms with Crippen LogP contribution in [0.15, 0.2) is 36.4 Å². The summed E-state index contributed by atoms with van der Waals surface area (Å²) >= 11 is 0. The van der Waals surface area contributed by atoms with Crippen molar-refractivity contribution in [2.45, 2.75) is 0 Å². The summed E-state index contributed by atoms with van der Waals surface area (Å²) < 4.78 is 0. The van der Waals surface area contributed by atoms with Crippen LogP contribution in [-0.4, -0.2) is 40.5 Å². The highest BCUT2D eigenvalue weighted by molar-refractivity contribution is 6.02. The van der Waals surface area contributed by atoms with E-state index in [9.17, 15) is 19.2 Å². The van der Waals surface area contributed by atoms with Gasteiger partial charge in [0.25, 0.3) is 5.91 Å². The second kappa shape index (κ2) is 7.43. The van der Waals surface area contributed by atoms with Crippen LogP contribution in [0.4, 0.5) is 5.69 Å². The third-order valence-corrected chi connectivity index (χ3v) is 2.19. The van der Waals surface area contributed by atoms with Crippen molar-refractivity contribution < 1.29 is 29.4 Å². The van der Waals surface area contributed by atoms with E-state index in [-0.39, 0.29) is 5.56 Å². The van der Waals surface area contributed by atoms with Gasteiger partial charge in [-0.2, -0.15) is 0 Å². The molecule has 0 radical (unpaired) electrons. The zero-order chi connectivity index (χ0) is 15.8. The summed E-state index contributed by atoms with van der Waals surface area (Å²) in [5.74, 6) is -3.57. The molecule has 1 aromatic carbocycles. The fourth-order valence-electron chi connectivity index (χ4n) is 1.29. The summed E-state index contributed by atoms with van der Waals surface area (Å²) in [5, 5.41) is 21.4. The maximum absolute atomic E-state index is 11.5. The maximum Gasteiger partial charge on any atom is 0.328 e. The van der Waals surface area contributed by atoms with Gasteiger partial charge in [0.15, 0.2) is 0 Å². The van der Waals surface area contributed by atoms with E-state index < -0.39 is 30.3 Å². The van der Waals surface area contributed by atoms with Crippen LogP contribution >= 0.6 is 0 Å². The van der Waals surface area contributed by atoms with Crippen molar-refractivity contribution in [3.05, 3.63) is 42.0 Å². The van der Waals surface area contributed by atoms with E-state index in [1.807, 2.05) is 0 Å². The Bertz CT molecular complexity index is 591. The number of rotatable bonds is 6. The molecule has 0 heterocycles. The largest absolute Gasteiger partial charge is 0.480 e. The van der Waals surface area contributed by atoms with Gasteiger partial charge in [0, 0.05) is 23.4 Å². The molecule has 0 aliphatic rings. The molecular formula is C13H12N2O6. The van der Waals surface area contributed by atoms with Gasteiger partial charge in [0.2, 0.25) is 5.91 Å². The Kier molecular flexibility index (Phi) is 5.63. The van der Waals surface area contributed by atoms with Crippen LogP contribution in [0.3, 0.4) is 0 Å². The Balaban J connectivity index is 2.61. The first kappa shape index (κ1) is 15.9. The normalized spacial score (nSPS) is 10.1. The third kappa shape index (κ3) is 6.01. The van der Waals surface area contributed by atoms with Crippen LogP contribution in [0.1, 0.15) is 10.4 Å². The standard InChI is InChI=1S/C13H12N2O6/c16-10(5-6-11(17)18)15-9-3-1-8(2-4-9)13(21)14-7-12(19)20/h1-6H,7H2,(H,14,21)(H,15,16)(H,17,18)(H,19,20)/b6-5+. The fraction of sp³-hybridized carbons (Fsp3) is 0.0769. The van der Waals surface area contributed by atoms with Crippen LogP contribution in [0.25, 0.3) is 0 Å². The van der Waals surface area contributed by atoms with Gasteiger partial charge in [-0.05, 0) is 24.3 Å². The number of amides is 2. The van der Waals surface area contributed by atoms with Gasteiger partial charge in [-0.3, -0.25) is 14.4 Å². The lowest BCUT2D eigenvalue weighted by molar-refractivity contribution is -0.136. The molecule has 0 atom stereocenters. The molecule has 0 spiro atoms. The van der Waals surface area contributed by atoms with Crippen molar-refractivity contribution in [3.8, 4) is 0 Å². The smallest absolute Gasteiger partial charge is 0.328 e. The molecule has 1 aromatic rings. The number of carboxylic acid groups (broad SMARTS) is 2. The van der Waals surface area contributed by atoms with Gasteiger partial charge in [-0.25, -0.2) is 4.79 Å². The highest BCUT2D eigenvalue weighted by Gasteiger charge is 2.07. The number of benzene rings is 1. The second-order valence-corrected chi connectivity index (χ2v) is 3.81. The fourth-order valence-corrected chi connectivity index (χ4v) is 1.29. The lowest BCUT2D eigenvalue weighted by atomic mass is 10.2. The second-order valence-electron chi connectivity index (χ2n) is 3.81. The Morgan fingerprint density at radius 3 is 2.14 bits per heavy atom. The van der Waals surface area contributed by atoms with Gasteiger partial charge < -0.3 is 20.8 Å². The summed E-state index contributed by atoms with van der Waals surface area (Å²) in [6, 6.07) is 5.66. The summed E-state index contributed by atoms with van der Waals surface area (Å²) in [5.41, 5.74) is 0.597. The quantitative estimate of drug-likeness (QED) is 0.549. The molecule has 0 fully saturated rings. The number of carboxylic acids is 2. The van der Waals surface area contributed by atoms with E-state index in [4.69, 9.17) is 10.2 Å². The summed E-state index contributed by atoms with van der Waals surface area (Å²) in [7, 11) is 0. The molecule has 0 saturated carbocycles. The lowest BCUT2D eigenvalue weighted by Gasteiger charge is -2.05. The molecular weight excluding hydrogens is 280 g/mol. The summed E-state index contributed by atoms with van der Waals surface area (Å²) in [6.07, 6.45) is 1.55. The molecule has 0 aliphatic heterocycles. The number of carbonyl (C=O) groups excluding carboxylic acids is 2. The molecule has 0 aliphatic carbocycles. The van der Waals surface area contributed by atoms with Crippen molar-refractivity contribution >= 4 is 29.4 Å². The topological polar surface area (TPSA) is 133 Å². The third-order valence-electron chi connectivity index (χ3n) is 2.19. The van der Waals surface area contributed by atoms with E-state index in [1.54, 1.807) is 0 Å². The summed E-state index contributed by atoms with van der Waals surface area (Å²) in [4.78, 5) is 43.4. The average Bonchev–Trinajstić information content (AvgIpc) is 2.43. The van der Waals surface area contributed by atoms with Crippen molar-refractivity contribution in [2.24, 2.45) is 0 Å². The van der Waals surface area contributed by atoms with E-state index in [0.29, 0.717) is 11.8 Å². The first-order chi connectivity index (χ1) is 9.88. The van der Waals surface area contributed by atoms with Crippen molar-refractivity contribution in [3.63, 3.8) is 0 Å². The van der Waals surface area contributed by atoms with Crippen molar-refractivity contribution in [1.82, 2.24) is 5.32 Å². The Morgan fingerprint density at radius 2 is 1.62 bits per heavy atom. The molecule has 0 unspecified atom stereocenters. The maximum atomic E-state index is 11.5. The predicted octanol–water partition coefficient (Wildman–Crippen LogP) is 0.0803. The number of anilines is 1. The van der Waals surface area contributed by atoms with E-state index >= 15 is 0 Å². The zero-order valence-corrected chi connectivity index (χ0v) is 10.7. The monoisotopic (exact) mass is 292 g/mol. The highest BCUT2D eigenvalue weighted by Crippen LogP contribution is 2.09. The molecule has 0 bridgehead atoms. The number of aliphatic carboxylic acids is 2. The van der Waals surface area contributed by atoms with E-state index in [1.165, 1.54) is 24.3 Å². The van der Waals surface area contributed by atoms with E-state index in [0.717, 1.165) is 6.08 Å². The van der Waals surface area contributed by atoms with Crippen molar-refractivity contribution in [1.29, 1.82) is 0 Å². The zero-order valence-electron chi connectivity index (χ0n) is 10.7. The van der Waals surface area contributed by atoms with E-state index in [2.05, 4.69) is 10.6 Å². The van der Waals surface area contributed by atoms with Gasteiger partial charge in [-0.1, -0.05) is 0 Å². The van der Waals surface area contributed by atoms with Crippen molar-refractivity contribution in [2.75, 3.05) is 11.9 Å². The average molecular weight is 292 g/mol. The Hall–Kier alpha value is -3.16. The van der Waals surface area contributed by atoms with Gasteiger partial charge in [0.05, 0.1) is 0 Å². The molecule has 110 valence electrons. The lowest BCUT2D eigenvalue weighted by Crippen LogP contribution is -2.29. The molecule has 2 amide bonds. The Labute approximate surface area is 119 Å². The minimum atomic E-state index is -1.24. The molecule has 0 aromatic heterocycles.